The minimum Gasteiger partial charge on any atom is -0.382 e. The van der Waals surface area contributed by atoms with E-state index in [1.54, 1.807) is 6.20 Å². The first-order valence-electron chi connectivity index (χ1n) is 2.34. The van der Waals surface area contributed by atoms with Gasteiger partial charge >= 0.3 is 0 Å². The van der Waals surface area contributed by atoms with Gasteiger partial charge in [0.15, 0.2) is 0 Å². The highest BCUT2D eigenvalue weighted by molar-refractivity contribution is 5.65. The van der Waals surface area contributed by atoms with Gasteiger partial charge in [-0.25, -0.2) is 0 Å². The summed E-state index contributed by atoms with van der Waals surface area (Å²) in [5, 5.41) is 3.05. The van der Waals surface area contributed by atoms with Crippen molar-refractivity contribution in [3.63, 3.8) is 0 Å². The molecule has 1 aliphatic rings. The average Bonchev–Trinajstić information content (AvgIpc) is 1.69. The van der Waals surface area contributed by atoms with Crippen LogP contribution in [0, 0.1) is 0 Å². The molecule has 0 fully saturated rings. The summed E-state index contributed by atoms with van der Waals surface area (Å²) in [6.07, 6.45) is 5.44. The van der Waals surface area contributed by atoms with Crippen LogP contribution in [0.15, 0.2) is 17.4 Å². The number of nitrogens with zero attached hydrogens (tertiary/aromatic N) is 1. The van der Waals surface area contributed by atoms with Crippen LogP contribution in [0.1, 0.15) is 6.92 Å². The molecule has 0 radical (unpaired) electrons. The van der Waals surface area contributed by atoms with Gasteiger partial charge in [0.05, 0.1) is 6.04 Å². The second-order valence-electron chi connectivity index (χ2n) is 1.57. The zero-order valence-electron chi connectivity index (χ0n) is 4.26. The number of hydrogen-bond donors (Lipinski definition) is 1. The van der Waals surface area contributed by atoms with E-state index in [2.05, 4.69) is 10.3 Å². The minimum atomic E-state index is 0.407. The minimum absolute atomic E-state index is 0.407. The molecule has 0 aromatic rings. The van der Waals surface area contributed by atoms with Gasteiger partial charge in [-0.15, -0.1) is 0 Å². The van der Waals surface area contributed by atoms with E-state index in [0.29, 0.717) is 6.04 Å². The van der Waals surface area contributed by atoms with Crippen LogP contribution in [-0.2, 0) is 0 Å². The van der Waals surface area contributed by atoms with Crippen molar-refractivity contribution in [1.82, 2.24) is 5.32 Å². The highest BCUT2D eigenvalue weighted by Crippen LogP contribution is 1.83. The number of nitrogens with one attached hydrogen (secondary N) is 1. The van der Waals surface area contributed by atoms with Crippen LogP contribution < -0.4 is 5.32 Å². The molecule has 0 unspecified atom stereocenters. The molecular weight excluding hydrogens is 88.1 g/mol. The molecule has 7 heavy (non-hydrogen) atoms. The fourth-order valence-electron chi connectivity index (χ4n) is 0.460. The lowest BCUT2D eigenvalue weighted by atomic mass is 10.4. The maximum Gasteiger partial charge on any atom is 0.0582 e. The Morgan fingerprint density at radius 1 is 1.71 bits per heavy atom. The van der Waals surface area contributed by atoms with Gasteiger partial charge in [-0.3, -0.25) is 4.99 Å². The fraction of sp³-hybridized carbons (Fsp3) is 0.400. The highest BCUT2D eigenvalue weighted by Gasteiger charge is 1.91. The van der Waals surface area contributed by atoms with Crippen molar-refractivity contribution in [2.45, 2.75) is 13.0 Å². The summed E-state index contributed by atoms with van der Waals surface area (Å²) in [6, 6.07) is 0.407. The van der Waals surface area contributed by atoms with Gasteiger partial charge < -0.3 is 5.32 Å². The van der Waals surface area contributed by atoms with E-state index in [1.165, 1.54) is 0 Å². The predicted molar refractivity (Wildman–Crippen MR) is 30.2 cm³/mol. The van der Waals surface area contributed by atoms with Gasteiger partial charge in [0, 0.05) is 18.6 Å². The predicted octanol–water partition coefficient (Wildman–Crippen LogP) is 0.520. The lowest BCUT2D eigenvalue weighted by molar-refractivity contribution is 0.806. The highest BCUT2D eigenvalue weighted by atomic mass is 14.9. The molecule has 0 saturated carbocycles. The molecule has 1 heterocycles. The van der Waals surface area contributed by atoms with E-state index < -0.39 is 0 Å². The summed E-state index contributed by atoms with van der Waals surface area (Å²) in [6.45, 7) is 2.05. The second kappa shape index (κ2) is 1.78. The lowest BCUT2D eigenvalue weighted by Crippen LogP contribution is -2.23. The molecule has 0 aromatic carbocycles. The van der Waals surface area contributed by atoms with Crippen LogP contribution in [0.3, 0.4) is 0 Å². The van der Waals surface area contributed by atoms with E-state index >= 15 is 0 Å². The summed E-state index contributed by atoms with van der Waals surface area (Å²) < 4.78 is 0. The van der Waals surface area contributed by atoms with E-state index in [-0.39, 0.29) is 0 Å². The third-order valence-electron chi connectivity index (χ3n) is 0.829. The summed E-state index contributed by atoms with van der Waals surface area (Å²) in [4.78, 5) is 3.89. The van der Waals surface area contributed by atoms with Crippen molar-refractivity contribution in [3.8, 4) is 0 Å². The van der Waals surface area contributed by atoms with Crippen LogP contribution in [-0.4, -0.2) is 12.3 Å². The van der Waals surface area contributed by atoms with Crippen molar-refractivity contribution < 1.29 is 0 Å². The van der Waals surface area contributed by atoms with Crippen molar-refractivity contribution in [3.05, 3.63) is 12.4 Å². The average molecular weight is 96.1 g/mol. The van der Waals surface area contributed by atoms with Crippen LogP contribution in [0.5, 0.6) is 0 Å². The first-order valence-corrected chi connectivity index (χ1v) is 2.34. The quantitative estimate of drug-likeness (QED) is 0.467. The summed E-state index contributed by atoms with van der Waals surface area (Å²) >= 11 is 0. The molecule has 1 atom stereocenters. The van der Waals surface area contributed by atoms with E-state index in [9.17, 15) is 0 Å². The molecule has 2 nitrogen and oxygen atoms in total. The SMILES string of the molecule is C[C@H]1C=NC=CN1. The Labute approximate surface area is 42.9 Å². The van der Waals surface area contributed by atoms with E-state index in [4.69, 9.17) is 0 Å². The molecule has 2 heteroatoms. The van der Waals surface area contributed by atoms with E-state index in [0.717, 1.165) is 0 Å². The molecular formula is C5H8N2. The first kappa shape index (κ1) is 4.37. The van der Waals surface area contributed by atoms with Crippen LogP contribution in [0.25, 0.3) is 0 Å². The molecule has 0 saturated heterocycles. The third kappa shape index (κ3) is 1.03. The molecule has 0 bridgehead atoms. The molecule has 1 aliphatic heterocycles. The van der Waals surface area contributed by atoms with Gasteiger partial charge in [-0.05, 0) is 6.92 Å². The molecule has 0 aliphatic carbocycles. The first-order chi connectivity index (χ1) is 3.39. The van der Waals surface area contributed by atoms with Crippen LogP contribution in [0.4, 0.5) is 0 Å². The molecule has 1 rings (SSSR count). The Balaban J connectivity index is 2.49. The van der Waals surface area contributed by atoms with Gasteiger partial charge in [0.2, 0.25) is 0 Å². The summed E-state index contributed by atoms with van der Waals surface area (Å²) in [5.41, 5.74) is 0. The van der Waals surface area contributed by atoms with Crippen molar-refractivity contribution in [2.75, 3.05) is 0 Å². The standard InChI is InChI=1S/C5H8N2/c1-5-4-6-2-3-7-5/h2-5,7H,1H3/t5-/m0/s1. The Bertz CT molecular complexity index is 105. The molecule has 1 N–H and O–H groups in total. The zero-order chi connectivity index (χ0) is 5.11. The monoisotopic (exact) mass is 96.1 g/mol. The summed E-state index contributed by atoms with van der Waals surface area (Å²) in [7, 11) is 0. The second-order valence-corrected chi connectivity index (χ2v) is 1.57. The smallest absolute Gasteiger partial charge is 0.0582 e. The van der Waals surface area contributed by atoms with Crippen LogP contribution >= 0.6 is 0 Å². The Kier molecular flexibility index (Phi) is 1.11. The molecule has 0 spiro atoms. The fourth-order valence-corrected chi connectivity index (χ4v) is 0.460. The van der Waals surface area contributed by atoms with Crippen molar-refractivity contribution in [1.29, 1.82) is 0 Å². The maximum atomic E-state index is 3.89. The zero-order valence-corrected chi connectivity index (χ0v) is 4.26. The topological polar surface area (TPSA) is 24.4 Å². The number of aliphatic imine (C=N–C) groups is 1. The van der Waals surface area contributed by atoms with Crippen molar-refractivity contribution >= 4 is 6.21 Å². The third-order valence-corrected chi connectivity index (χ3v) is 0.829. The van der Waals surface area contributed by atoms with Gasteiger partial charge in [-0.1, -0.05) is 0 Å². The van der Waals surface area contributed by atoms with Crippen molar-refractivity contribution in [2.24, 2.45) is 4.99 Å². The normalized spacial score (nSPS) is 27.3. The van der Waals surface area contributed by atoms with Gasteiger partial charge in [-0.2, -0.15) is 0 Å². The molecule has 38 valence electrons. The van der Waals surface area contributed by atoms with E-state index in [1.807, 2.05) is 19.3 Å². The Morgan fingerprint density at radius 2 is 2.57 bits per heavy atom. The molecule has 0 aromatic heterocycles. The molecule has 0 amide bonds. The summed E-state index contributed by atoms with van der Waals surface area (Å²) in [5.74, 6) is 0. The lowest BCUT2D eigenvalue weighted by Gasteiger charge is -2.06. The number of rotatable bonds is 0. The number of hydrogen-bond acceptors (Lipinski definition) is 2. The van der Waals surface area contributed by atoms with Crippen LogP contribution in [0.2, 0.25) is 0 Å². The largest absolute Gasteiger partial charge is 0.382 e. The van der Waals surface area contributed by atoms with Gasteiger partial charge in [0.25, 0.3) is 0 Å². The Hall–Kier alpha value is -0.790. The maximum absolute atomic E-state index is 3.89. The Morgan fingerprint density at radius 3 is 2.86 bits per heavy atom. The van der Waals surface area contributed by atoms with Gasteiger partial charge in [0.1, 0.15) is 0 Å².